The minimum Gasteiger partial charge on any atom is -0.482 e. The summed E-state index contributed by atoms with van der Waals surface area (Å²) in [5.41, 5.74) is 1.26. The summed E-state index contributed by atoms with van der Waals surface area (Å²) in [6.07, 6.45) is -3.30. The third-order valence-corrected chi connectivity index (χ3v) is 5.41. The Bertz CT molecular complexity index is 1440. The van der Waals surface area contributed by atoms with Gasteiger partial charge in [-0.25, -0.2) is 4.79 Å². The molecule has 0 heterocycles. The van der Waals surface area contributed by atoms with Gasteiger partial charge in [-0.1, -0.05) is 54.6 Å². The molecule has 1 N–H and O–H groups in total. The van der Waals surface area contributed by atoms with Crippen molar-refractivity contribution in [2.45, 2.75) is 6.18 Å². The Kier molecular flexibility index (Phi) is 9.14. The predicted octanol–water partition coefficient (Wildman–Crippen LogP) is 6.44. The van der Waals surface area contributed by atoms with Gasteiger partial charge >= 0.3 is 12.1 Å². The first-order valence-electron chi connectivity index (χ1n) is 12.1. The number of ether oxygens (including phenoxy) is 2. The molecule has 4 aromatic rings. The van der Waals surface area contributed by atoms with Crippen LogP contribution >= 0.6 is 0 Å². The molecule has 1 amide bonds. The molecule has 0 saturated heterocycles. The van der Waals surface area contributed by atoms with Crippen molar-refractivity contribution in [3.05, 3.63) is 120 Å². The molecular weight excluding hydrogens is 523 g/mol. The zero-order valence-electron chi connectivity index (χ0n) is 21.0. The molecule has 4 aromatic carbocycles. The number of anilines is 3. The molecule has 0 spiro atoms. The van der Waals surface area contributed by atoms with E-state index in [-0.39, 0.29) is 5.69 Å². The molecule has 10 heteroatoms. The fourth-order valence-corrected chi connectivity index (χ4v) is 3.46. The van der Waals surface area contributed by atoms with Crippen molar-refractivity contribution in [3.8, 4) is 5.75 Å². The highest BCUT2D eigenvalue weighted by Gasteiger charge is 2.31. The van der Waals surface area contributed by atoms with Crippen molar-refractivity contribution >= 4 is 35.2 Å². The number of alkyl halides is 3. The Morgan fingerprint density at radius 3 is 2.12 bits per heavy atom. The van der Waals surface area contributed by atoms with Gasteiger partial charge < -0.3 is 14.8 Å². The summed E-state index contributed by atoms with van der Waals surface area (Å²) in [5, 5.41) is 8.04. The molecule has 4 rings (SSSR count). The lowest BCUT2D eigenvalue weighted by molar-refractivity contribution is -0.149. The molecule has 40 heavy (non-hydrogen) atoms. The molecular formula is C30H24F3N3O4. The first kappa shape index (κ1) is 27.9. The fraction of sp³-hybridized carbons (Fsp3) is 0.100. The normalized spacial score (nSPS) is 11.2. The Hall–Kier alpha value is -5.12. The number of hydrogen-bond acceptors (Lipinski definition) is 6. The molecule has 0 radical (unpaired) electrons. The van der Waals surface area contributed by atoms with Gasteiger partial charge in [0.05, 0.1) is 17.5 Å². The fourth-order valence-electron chi connectivity index (χ4n) is 3.46. The number of rotatable bonds is 10. The van der Waals surface area contributed by atoms with Crippen molar-refractivity contribution in [1.82, 2.24) is 0 Å². The molecule has 0 aromatic heterocycles. The molecule has 0 fully saturated rings. The topological polar surface area (TPSA) is 80.2 Å². The maximum Gasteiger partial charge on any atom is 0.416 e. The number of benzene rings is 4. The van der Waals surface area contributed by atoms with Crippen molar-refractivity contribution in [1.29, 1.82) is 0 Å². The number of para-hydroxylation sites is 1. The van der Waals surface area contributed by atoms with E-state index in [0.29, 0.717) is 11.3 Å². The van der Waals surface area contributed by atoms with Gasteiger partial charge in [0.2, 0.25) is 0 Å². The number of nitrogens with zero attached hydrogens (tertiary/aromatic N) is 2. The van der Waals surface area contributed by atoms with Gasteiger partial charge in [0.15, 0.2) is 13.2 Å². The quantitative estimate of drug-likeness (QED) is 0.140. The maximum atomic E-state index is 13.3. The smallest absolute Gasteiger partial charge is 0.416 e. The van der Waals surface area contributed by atoms with Crippen LogP contribution in [0.3, 0.4) is 0 Å². The Morgan fingerprint density at radius 2 is 1.45 bits per heavy atom. The number of halogens is 3. The monoisotopic (exact) mass is 547 g/mol. The van der Waals surface area contributed by atoms with Crippen LogP contribution in [-0.4, -0.2) is 31.3 Å². The van der Waals surface area contributed by atoms with Gasteiger partial charge in [0.25, 0.3) is 5.91 Å². The van der Waals surface area contributed by atoms with E-state index in [2.05, 4.69) is 10.4 Å². The van der Waals surface area contributed by atoms with Crippen molar-refractivity contribution in [2.75, 3.05) is 23.5 Å². The highest BCUT2D eigenvalue weighted by molar-refractivity contribution is 5.96. The average molecular weight is 548 g/mol. The second-order valence-corrected chi connectivity index (χ2v) is 8.37. The second-order valence-electron chi connectivity index (χ2n) is 8.37. The Labute approximate surface area is 228 Å². The van der Waals surface area contributed by atoms with Crippen LogP contribution in [0.15, 0.2) is 114 Å². The van der Waals surface area contributed by atoms with E-state index in [1.165, 1.54) is 12.3 Å². The first-order valence-corrected chi connectivity index (χ1v) is 12.1. The van der Waals surface area contributed by atoms with E-state index >= 15 is 0 Å². The van der Waals surface area contributed by atoms with E-state index < -0.39 is 36.8 Å². The summed E-state index contributed by atoms with van der Waals surface area (Å²) < 4.78 is 50.2. The summed E-state index contributed by atoms with van der Waals surface area (Å²) >= 11 is 0. The zero-order valence-corrected chi connectivity index (χ0v) is 21.0. The van der Waals surface area contributed by atoms with E-state index in [4.69, 9.17) is 9.47 Å². The lowest BCUT2D eigenvalue weighted by Gasteiger charge is -2.18. The van der Waals surface area contributed by atoms with E-state index in [1.54, 1.807) is 54.6 Å². The largest absolute Gasteiger partial charge is 0.482 e. The van der Waals surface area contributed by atoms with Gasteiger partial charge in [-0.2, -0.15) is 23.3 Å². The van der Waals surface area contributed by atoms with Gasteiger partial charge in [0.1, 0.15) is 5.75 Å². The summed E-state index contributed by atoms with van der Waals surface area (Å²) in [6.45, 7) is -1.24. The SMILES string of the molecule is O=C(COc1ccc(Nc2ccccc2)cc1)OCC(=O)N(N=Cc1ccccc1)c1cccc(C(F)(F)F)c1. The van der Waals surface area contributed by atoms with E-state index in [1.807, 2.05) is 30.3 Å². The maximum absolute atomic E-state index is 13.3. The minimum absolute atomic E-state index is 0.136. The Morgan fingerprint density at radius 1 is 0.800 bits per heavy atom. The summed E-state index contributed by atoms with van der Waals surface area (Å²) in [6, 6.07) is 29.3. The third-order valence-electron chi connectivity index (χ3n) is 5.41. The summed E-state index contributed by atoms with van der Waals surface area (Å²) in [4.78, 5) is 25.1. The number of nitrogens with one attached hydrogen (secondary N) is 1. The number of carbonyl (C=O) groups is 2. The molecule has 0 bridgehead atoms. The lowest BCUT2D eigenvalue weighted by Crippen LogP contribution is -2.31. The number of hydrazone groups is 1. The van der Waals surface area contributed by atoms with Crippen LogP contribution in [0.1, 0.15) is 11.1 Å². The second kappa shape index (κ2) is 13.1. The van der Waals surface area contributed by atoms with Gasteiger partial charge in [-0.05, 0) is 60.2 Å². The minimum atomic E-state index is -4.62. The molecule has 0 aliphatic carbocycles. The predicted molar refractivity (Wildman–Crippen MR) is 146 cm³/mol. The highest BCUT2D eigenvalue weighted by atomic mass is 19.4. The molecule has 204 valence electrons. The molecule has 0 aliphatic rings. The molecule has 0 aliphatic heterocycles. The molecule has 0 atom stereocenters. The highest BCUT2D eigenvalue weighted by Crippen LogP contribution is 2.32. The van der Waals surface area contributed by atoms with Crippen LogP contribution in [-0.2, 0) is 20.5 Å². The third kappa shape index (κ3) is 8.19. The zero-order chi connectivity index (χ0) is 28.4. The van der Waals surface area contributed by atoms with Crippen molar-refractivity contribution in [2.24, 2.45) is 5.10 Å². The van der Waals surface area contributed by atoms with Crippen molar-refractivity contribution in [3.63, 3.8) is 0 Å². The lowest BCUT2D eigenvalue weighted by atomic mass is 10.2. The van der Waals surface area contributed by atoms with Crippen LogP contribution in [0.5, 0.6) is 5.75 Å². The van der Waals surface area contributed by atoms with Crippen LogP contribution < -0.4 is 15.1 Å². The number of amides is 1. The number of esters is 1. The molecule has 0 unspecified atom stereocenters. The van der Waals surface area contributed by atoms with Crippen LogP contribution in [0.2, 0.25) is 0 Å². The van der Waals surface area contributed by atoms with Crippen LogP contribution in [0, 0.1) is 0 Å². The van der Waals surface area contributed by atoms with Gasteiger partial charge in [-0.15, -0.1) is 0 Å². The standard InChI is InChI=1S/C30H24F3N3O4/c31-30(32,33)23-10-7-13-26(18-23)36(34-19-22-8-3-1-4-9-22)28(37)20-40-29(38)21-39-27-16-14-25(15-17-27)35-24-11-5-2-6-12-24/h1-19,35H,20-21H2. The molecule has 7 nitrogen and oxygen atoms in total. The van der Waals surface area contributed by atoms with Crippen molar-refractivity contribution < 1.29 is 32.2 Å². The Balaban J connectivity index is 1.36. The number of carbonyl (C=O) groups excluding carboxylic acids is 2. The van der Waals surface area contributed by atoms with Crippen LogP contribution in [0.4, 0.5) is 30.2 Å². The number of hydrogen-bond donors (Lipinski definition) is 1. The summed E-state index contributed by atoms with van der Waals surface area (Å²) in [7, 11) is 0. The molecule has 0 saturated carbocycles. The van der Waals surface area contributed by atoms with E-state index in [9.17, 15) is 22.8 Å². The van der Waals surface area contributed by atoms with Gasteiger partial charge in [-0.3, -0.25) is 4.79 Å². The summed E-state index contributed by atoms with van der Waals surface area (Å²) in [5.74, 6) is -1.29. The average Bonchev–Trinajstić information content (AvgIpc) is 2.96. The van der Waals surface area contributed by atoms with Crippen LogP contribution in [0.25, 0.3) is 0 Å². The van der Waals surface area contributed by atoms with E-state index in [0.717, 1.165) is 34.6 Å². The van der Waals surface area contributed by atoms with Gasteiger partial charge in [0, 0.05) is 11.4 Å². The first-order chi connectivity index (χ1) is 19.3.